The summed E-state index contributed by atoms with van der Waals surface area (Å²) in [6.45, 7) is 0.736. The molecule has 5 rings (SSSR count). The van der Waals surface area contributed by atoms with Crippen molar-refractivity contribution in [3.8, 4) is 11.5 Å². The Hall–Kier alpha value is -3.41. The molecule has 31 heavy (non-hydrogen) atoms. The number of rotatable bonds is 5. The molecule has 0 bridgehead atoms. The Morgan fingerprint density at radius 3 is 2.32 bits per heavy atom. The second kappa shape index (κ2) is 8.38. The van der Waals surface area contributed by atoms with Crippen LogP contribution in [0, 0.1) is 0 Å². The Kier molecular flexibility index (Phi) is 5.28. The lowest BCUT2D eigenvalue weighted by Crippen LogP contribution is -2.35. The van der Waals surface area contributed by atoms with E-state index in [0.717, 1.165) is 29.7 Å². The van der Waals surface area contributed by atoms with Gasteiger partial charge in [0.05, 0.1) is 17.9 Å². The van der Waals surface area contributed by atoms with Crippen LogP contribution in [0.5, 0.6) is 11.5 Å². The van der Waals surface area contributed by atoms with E-state index < -0.39 is 5.92 Å². The van der Waals surface area contributed by atoms with Gasteiger partial charge in [0.15, 0.2) is 0 Å². The number of carbonyl (C=O) groups excluding carboxylic acids is 1. The number of para-hydroxylation sites is 2. The molecule has 1 aromatic heterocycles. The van der Waals surface area contributed by atoms with Crippen molar-refractivity contribution in [3.63, 3.8) is 0 Å². The van der Waals surface area contributed by atoms with E-state index >= 15 is 0 Å². The number of amides is 1. The molecule has 2 aromatic carbocycles. The Morgan fingerprint density at radius 2 is 1.68 bits per heavy atom. The van der Waals surface area contributed by atoms with Crippen LogP contribution in [0.15, 0.2) is 65.7 Å². The van der Waals surface area contributed by atoms with Gasteiger partial charge in [0.25, 0.3) is 5.56 Å². The fourth-order valence-corrected chi connectivity index (χ4v) is 4.65. The first kappa shape index (κ1) is 19.5. The zero-order valence-electron chi connectivity index (χ0n) is 17.3. The van der Waals surface area contributed by atoms with E-state index in [-0.39, 0.29) is 11.5 Å². The minimum absolute atomic E-state index is 0.0621. The largest absolute Gasteiger partial charge is 0.457 e. The number of benzene rings is 2. The maximum Gasteiger partial charge on any atom is 0.253 e. The number of aromatic nitrogens is 2. The van der Waals surface area contributed by atoms with E-state index in [2.05, 4.69) is 10.3 Å². The number of carbonyl (C=O) groups is 1. The topological polar surface area (TPSA) is 73.2 Å². The third-order valence-corrected chi connectivity index (χ3v) is 6.27. The standard InChI is InChI=1S/C25H25N3O3/c29-23-15-20(17-7-1-2-8-17)27-16-28(23)14-13-26-25(30)24-18-9-3-5-11-21(18)31-22-12-6-4-10-19(22)24/h3-6,9-12,15-17,24H,1-2,7-8,13-14H2,(H,26,30). The highest BCUT2D eigenvalue weighted by molar-refractivity contribution is 5.89. The molecule has 0 saturated heterocycles. The highest BCUT2D eigenvalue weighted by atomic mass is 16.5. The quantitative estimate of drug-likeness (QED) is 0.685. The third kappa shape index (κ3) is 3.85. The Bertz CT molecular complexity index is 1120. The second-order valence-electron chi connectivity index (χ2n) is 8.23. The molecule has 2 aliphatic rings. The van der Waals surface area contributed by atoms with E-state index in [4.69, 9.17) is 4.74 Å². The van der Waals surface area contributed by atoms with Crippen LogP contribution in [0.25, 0.3) is 0 Å². The summed E-state index contributed by atoms with van der Waals surface area (Å²) in [6.07, 6.45) is 6.25. The van der Waals surface area contributed by atoms with Crippen LogP contribution < -0.4 is 15.6 Å². The molecule has 6 heteroatoms. The van der Waals surface area contributed by atoms with Gasteiger partial charge in [-0.3, -0.25) is 14.2 Å². The van der Waals surface area contributed by atoms with E-state index in [1.54, 1.807) is 17.0 Å². The van der Waals surface area contributed by atoms with Crippen LogP contribution >= 0.6 is 0 Å². The molecule has 0 atom stereocenters. The molecular formula is C25H25N3O3. The first-order chi connectivity index (χ1) is 15.2. The van der Waals surface area contributed by atoms with Gasteiger partial charge in [-0.1, -0.05) is 49.2 Å². The van der Waals surface area contributed by atoms with Crippen molar-refractivity contribution in [2.24, 2.45) is 0 Å². The van der Waals surface area contributed by atoms with E-state index in [0.29, 0.717) is 30.5 Å². The summed E-state index contributed by atoms with van der Waals surface area (Å²) in [6, 6.07) is 16.9. The molecular weight excluding hydrogens is 390 g/mol. The van der Waals surface area contributed by atoms with Gasteiger partial charge in [0.2, 0.25) is 5.91 Å². The van der Waals surface area contributed by atoms with Crippen LogP contribution in [0.2, 0.25) is 0 Å². The second-order valence-corrected chi connectivity index (χ2v) is 8.23. The van der Waals surface area contributed by atoms with Crippen LogP contribution in [-0.2, 0) is 11.3 Å². The number of nitrogens with one attached hydrogen (secondary N) is 1. The fourth-order valence-electron chi connectivity index (χ4n) is 4.65. The van der Waals surface area contributed by atoms with Crippen LogP contribution in [-0.4, -0.2) is 22.0 Å². The lowest BCUT2D eigenvalue weighted by atomic mass is 9.87. The molecule has 1 aliphatic heterocycles. The third-order valence-electron chi connectivity index (χ3n) is 6.27. The van der Waals surface area contributed by atoms with Gasteiger partial charge >= 0.3 is 0 Å². The van der Waals surface area contributed by atoms with Crippen molar-refractivity contribution in [1.82, 2.24) is 14.9 Å². The first-order valence-electron chi connectivity index (χ1n) is 10.9. The van der Waals surface area contributed by atoms with Crippen molar-refractivity contribution in [3.05, 3.63) is 88.1 Å². The molecule has 1 aliphatic carbocycles. The molecule has 1 fully saturated rings. The number of fused-ring (bicyclic) bond motifs is 2. The molecule has 1 amide bonds. The monoisotopic (exact) mass is 415 g/mol. The van der Waals surface area contributed by atoms with Crippen molar-refractivity contribution < 1.29 is 9.53 Å². The predicted octanol–water partition coefficient (Wildman–Crippen LogP) is 3.95. The Balaban J connectivity index is 1.29. The zero-order chi connectivity index (χ0) is 21.2. The maximum absolute atomic E-state index is 13.2. The minimum atomic E-state index is -0.444. The summed E-state index contributed by atoms with van der Waals surface area (Å²) < 4.78 is 7.53. The summed E-state index contributed by atoms with van der Waals surface area (Å²) in [7, 11) is 0. The first-order valence-corrected chi connectivity index (χ1v) is 10.9. The van der Waals surface area contributed by atoms with Gasteiger partial charge in [-0.2, -0.15) is 0 Å². The SMILES string of the molecule is O=C(NCCn1cnc(C2CCCC2)cc1=O)C1c2ccccc2Oc2ccccc21. The lowest BCUT2D eigenvalue weighted by molar-refractivity contribution is -0.121. The molecule has 158 valence electrons. The van der Waals surface area contributed by atoms with Gasteiger partial charge < -0.3 is 10.1 Å². The zero-order valence-corrected chi connectivity index (χ0v) is 17.3. The molecule has 0 spiro atoms. The van der Waals surface area contributed by atoms with Crippen molar-refractivity contribution in [1.29, 1.82) is 0 Å². The molecule has 1 N–H and O–H groups in total. The van der Waals surface area contributed by atoms with Crippen molar-refractivity contribution in [2.75, 3.05) is 6.54 Å². The maximum atomic E-state index is 13.2. The number of nitrogens with zero attached hydrogens (tertiary/aromatic N) is 2. The smallest absolute Gasteiger partial charge is 0.253 e. The van der Waals surface area contributed by atoms with Gasteiger partial charge in [-0.25, -0.2) is 4.98 Å². The molecule has 3 aromatic rings. The lowest BCUT2D eigenvalue weighted by Gasteiger charge is -2.27. The van der Waals surface area contributed by atoms with Crippen molar-refractivity contribution in [2.45, 2.75) is 44.1 Å². The Labute approximate surface area is 180 Å². The van der Waals surface area contributed by atoms with E-state index in [9.17, 15) is 9.59 Å². The van der Waals surface area contributed by atoms with Crippen LogP contribution in [0.1, 0.15) is 54.3 Å². The van der Waals surface area contributed by atoms with Crippen LogP contribution in [0.4, 0.5) is 0 Å². The fraction of sp³-hybridized carbons (Fsp3) is 0.320. The highest BCUT2D eigenvalue weighted by Gasteiger charge is 2.32. The van der Waals surface area contributed by atoms with Gasteiger partial charge in [-0.15, -0.1) is 0 Å². The summed E-state index contributed by atoms with van der Waals surface area (Å²) in [5, 5.41) is 3.00. The van der Waals surface area contributed by atoms with Crippen molar-refractivity contribution >= 4 is 5.91 Å². The molecule has 0 unspecified atom stereocenters. The van der Waals surface area contributed by atoms with E-state index in [1.165, 1.54) is 12.8 Å². The summed E-state index contributed by atoms with van der Waals surface area (Å²) >= 11 is 0. The molecule has 6 nitrogen and oxygen atoms in total. The molecule has 0 radical (unpaired) electrons. The summed E-state index contributed by atoms with van der Waals surface area (Å²) in [5.74, 6) is 1.26. The average molecular weight is 415 g/mol. The normalized spacial score (nSPS) is 15.7. The number of hydrogen-bond donors (Lipinski definition) is 1. The van der Waals surface area contributed by atoms with Gasteiger partial charge in [0.1, 0.15) is 11.5 Å². The average Bonchev–Trinajstić information content (AvgIpc) is 3.33. The Morgan fingerprint density at radius 1 is 1.03 bits per heavy atom. The number of hydrogen-bond acceptors (Lipinski definition) is 4. The van der Waals surface area contributed by atoms with Gasteiger partial charge in [0, 0.05) is 36.2 Å². The summed E-state index contributed by atoms with van der Waals surface area (Å²) in [5.41, 5.74) is 2.53. The molecule has 2 heterocycles. The number of ether oxygens (including phenoxy) is 1. The van der Waals surface area contributed by atoms with Gasteiger partial charge in [-0.05, 0) is 25.0 Å². The predicted molar refractivity (Wildman–Crippen MR) is 118 cm³/mol. The van der Waals surface area contributed by atoms with Crippen LogP contribution in [0.3, 0.4) is 0 Å². The minimum Gasteiger partial charge on any atom is -0.457 e. The van der Waals surface area contributed by atoms with E-state index in [1.807, 2.05) is 48.5 Å². The molecule has 1 saturated carbocycles. The summed E-state index contributed by atoms with van der Waals surface area (Å²) in [4.78, 5) is 30.2. The highest BCUT2D eigenvalue weighted by Crippen LogP contribution is 2.43.